The third-order valence-electron chi connectivity index (χ3n) is 5.60. The zero-order valence-corrected chi connectivity index (χ0v) is 18.9. The van der Waals surface area contributed by atoms with Crippen molar-refractivity contribution in [2.75, 3.05) is 21.3 Å². The third-order valence-corrected chi connectivity index (χ3v) is 5.60. The maximum absolute atomic E-state index is 6.21. The Morgan fingerprint density at radius 1 is 0.812 bits per heavy atom. The molecular formula is C26H28N2O4. The fourth-order valence-electron chi connectivity index (χ4n) is 3.98. The number of furan rings is 1. The molecule has 166 valence electrons. The summed E-state index contributed by atoms with van der Waals surface area (Å²) >= 11 is 0. The molecule has 32 heavy (non-hydrogen) atoms. The number of hydrogen-bond donors (Lipinski definition) is 0. The highest BCUT2D eigenvalue weighted by molar-refractivity contribution is 5.81. The van der Waals surface area contributed by atoms with Gasteiger partial charge in [-0.05, 0) is 53.9 Å². The largest absolute Gasteiger partial charge is 0.493 e. The molecule has 0 atom stereocenters. The van der Waals surface area contributed by atoms with Crippen molar-refractivity contribution in [3.8, 4) is 17.2 Å². The number of hydrogen-bond acceptors (Lipinski definition) is 6. The maximum atomic E-state index is 6.21. The number of fused-ring (bicyclic) bond motifs is 1. The molecule has 0 saturated heterocycles. The molecule has 0 unspecified atom stereocenters. The molecule has 0 saturated carbocycles. The summed E-state index contributed by atoms with van der Waals surface area (Å²) in [4.78, 5) is 6.48. The van der Waals surface area contributed by atoms with E-state index in [0.29, 0.717) is 30.3 Å². The van der Waals surface area contributed by atoms with Gasteiger partial charge in [0.2, 0.25) is 5.75 Å². The summed E-state index contributed by atoms with van der Waals surface area (Å²) in [6.45, 7) is 4.20. The summed E-state index contributed by atoms with van der Waals surface area (Å²) in [6, 6.07) is 16.2. The smallest absolute Gasteiger partial charge is 0.203 e. The van der Waals surface area contributed by atoms with Crippen molar-refractivity contribution in [2.24, 2.45) is 0 Å². The first-order valence-corrected chi connectivity index (χ1v) is 10.5. The van der Waals surface area contributed by atoms with Gasteiger partial charge in [0.05, 0.1) is 27.9 Å². The number of ether oxygens (including phenoxy) is 3. The molecule has 0 aliphatic heterocycles. The van der Waals surface area contributed by atoms with Gasteiger partial charge in [-0.25, -0.2) is 0 Å². The van der Waals surface area contributed by atoms with Crippen molar-refractivity contribution < 1.29 is 18.6 Å². The molecule has 0 aliphatic rings. The van der Waals surface area contributed by atoms with E-state index >= 15 is 0 Å². The van der Waals surface area contributed by atoms with E-state index in [4.69, 9.17) is 18.6 Å². The minimum Gasteiger partial charge on any atom is -0.493 e. The lowest BCUT2D eigenvalue weighted by Crippen LogP contribution is -2.22. The van der Waals surface area contributed by atoms with Gasteiger partial charge >= 0.3 is 0 Å². The van der Waals surface area contributed by atoms with Gasteiger partial charge in [-0.3, -0.25) is 9.88 Å². The van der Waals surface area contributed by atoms with Crippen LogP contribution in [0.5, 0.6) is 17.2 Å². The van der Waals surface area contributed by atoms with E-state index in [-0.39, 0.29) is 0 Å². The molecule has 0 spiro atoms. The lowest BCUT2D eigenvalue weighted by atomic mass is 10.1. The van der Waals surface area contributed by atoms with Crippen LogP contribution in [0.2, 0.25) is 0 Å². The summed E-state index contributed by atoms with van der Waals surface area (Å²) in [5.41, 5.74) is 4.32. The highest BCUT2D eigenvalue weighted by atomic mass is 16.5. The minimum atomic E-state index is 0.590. The molecule has 0 bridgehead atoms. The summed E-state index contributed by atoms with van der Waals surface area (Å²) in [5.74, 6) is 2.84. The molecule has 0 fully saturated rings. The second kappa shape index (κ2) is 9.75. The summed E-state index contributed by atoms with van der Waals surface area (Å²) < 4.78 is 22.8. The number of rotatable bonds is 9. The molecule has 4 rings (SSSR count). The number of nitrogens with zero attached hydrogens (tertiary/aromatic N) is 2. The van der Waals surface area contributed by atoms with Crippen LogP contribution < -0.4 is 14.2 Å². The van der Waals surface area contributed by atoms with Crippen LogP contribution in [-0.2, 0) is 19.6 Å². The fraction of sp³-hybridized carbons (Fsp3) is 0.269. The number of methoxy groups -OCH3 is 3. The molecule has 6 nitrogen and oxygen atoms in total. The standard InChI is InChI=1S/C26H28N2O4/c1-18-21-7-5-6-8-22(21)32-25(18)17-28(15-19-9-11-27-12-10-19)16-20-13-23(29-2)26(31-4)24(14-20)30-3/h5-14H,15-17H2,1-4H3. The van der Waals surface area contributed by atoms with Crippen LogP contribution in [-0.4, -0.2) is 31.2 Å². The van der Waals surface area contributed by atoms with Crippen molar-refractivity contribution in [2.45, 2.75) is 26.6 Å². The third kappa shape index (κ3) is 4.55. The predicted molar refractivity (Wildman–Crippen MR) is 124 cm³/mol. The number of aryl methyl sites for hydroxylation is 1. The lowest BCUT2D eigenvalue weighted by molar-refractivity contribution is 0.227. The van der Waals surface area contributed by atoms with Gasteiger partial charge in [-0.1, -0.05) is 18.2 Å². The zero-order chi connectivity index (χ0) is 22.5. The number of benzene rings is 2. The Balaban J connectivity index is 1.67. The van der Waals surface area contributed by atoms with Crippen LogP contribution in [0.1, 0.15) is 22.5 Å². The van der Waals surface area contributed by atoms with Gasteiger partial charge in [0, 0.05) is 30.9 Å². The SMILES string of the molecule is COc1cc(CN(Cc2ccncc2)Cc2oc3ccccc3c2C)cc(OC)c1OC. The van der Waals surface area contributed by atoms with Crippen LogP contribution in [0.3, 0.4) is 0 Å². The monoisotopic (exact) mass is 432 g/mol. The number of para-hydroxylation sites is 1. The Morgan fingerprint density at radius 2 is 1.47 bits per heavy atom. The Hall–Kier alpha value is -3.51. The minimum absolute atomic E-state index is 0.590. The highest BCUT2D eigenvalue weighted by Gasteiger charge is 2.18. The van der Waals surface area contributed by atoms with Gasteiger partial charge in [-0.15, -0.1) is 0 Å². The Kier molecular flexibility index (Phi) is 6.61. The number of pyridine rings is 1. The first-order valence-electron chi connectivity index (χ1n) is 10.5. The Morgan fingerprint density at radius 3 is 2.09 bits per heavy atom. The van der Waals surface area contributed by atoms with Crippen molar-refractivity contribution in [3.63, 3.8) is 0 Å². The quantitative estimate of drug-likeness (QED) is 0.355. The zero-order valence-electron chi connectivity index (χ0n) is 18.9. The molecule has 4 aromatic rings. The van der Waals surface area contributed by atoms with Crippen molar-refractivity contribution in [3.05, 3.63) is 83.4 Å². The van der Waals surface area contributed by atoms with Crippen LogP contribution in [0.4, 0.5) is 0 Å². The molecule has 0 radical (unpaired) electrons. The molecule has 0 N–H and O–H groups in total. The first-order chi connectivity index (χ1) is 15.6. The number of aromatic nitrogens is 1. The average Bonchev–Trinajstić information content (AvgIpc) is 3.14. The van der Waals surface area contributed by atoms with Crippen molar-refractivity contribution >= 4 is 11.0 Å². The molecular weight excluding hydrogens is 404 g/mol. The van der Waals surface area contributed by atoms with Crippen molar-refractivity contribution in [1.82, 2.24) is 9.88 Å². The summed E-state index contributed by atoms with van der Waals surface area (Å²) in [7, 11) is 4.88. The normalized spacial score (nSPS) is 11.2. The van der Waals surface area contributed by atoms with Crippen LogP contribution in [0.25, 0.3) is 11.0 Å². The first kappa shape index (κ1) is 21.7. The average molecular weight is 433 g/mol. The van der Waals surface area contributed by atoms with E-state index < -0.39 is 0 Å². The highest BCUT2D eigenvalue weighted by Crippen LogP contribution is 2.38. The summed E-state index contributed by atoms with van der Waals surface area (Å²) in [6.07, 6.45) is 3.64. The van der Waals surface area contributed by atoms with E-state index in [0.717, 1.165) is 28.8 Å². The predicted octanol–water partition coefficient (Wildman–Crippen LogP) is 5.36. The summed E-state index contributed by atoms with van der Waals surface area (Å²) in [5, 5.41) is 1.15. The van der Waals surface area contributed by atoms with Crippen LogP contribution in [0.15, 0.2) is 65.3 Å². The molecule has 0 amide bonds. The Labute approximate surface area is 188 Å². The molecule has 2 heterocycles. The van der Waals surface area contributed by atoms with Gasteiger partial charge in [0.15, 0.2) is 11.5 Å². The van der Waals surface area contributed by atoms with Crippen LogP contribution >= 0.6 is 0 Å². The molecule has 6 heteroatoms. The Bertz CT molecular complexity index is 1160. The van der Waals surface area contributed by atoms with Gasteiger partial charge < -0.3 is 18.6 Å². The van der Waals surface area contributed by atoms with E-state index in [1.807, 2.05) is 54.9 Å². The van der Waals surface area contributed by atoms with E-state index in [1.165, 1.54) is 11.1 Å². The fourth-order valence-corrected chi connectivity index (χ4v) is 3.98. The van der Waals surface area contributed by atoms with E-state index in [2.05, 4.69) is 22.9 Å². The van der Waals surface area contributed by atoms with Crippen LogP contribution in [0, 0.1) is 6.92 Å². The second-order valence-corrected chi connectivity index (χ2v) is 7.68. The van der Waals surface area contributed by atoms with Gasteiger partial charge in [0.25, 0.3) is 0 Å². The molecule has 2 aromatic carbocycles. The lowest BCUT2D eigenvalue weighted by Gasteiger charge is -2.23. The van der Waals surface area contributed by atoms with Crippen molar-refractivity contribution in [1.29, 1.82) is 0 Å². The van der Waals surface area contributed by atoms with E-state index in [1.54, 1.807) is 21.3 Å². The second-order valence-electron chi connectivity index (χ2n) is 7.68. The maximum Gasteiger partial charge on any atom is 0.203 e. The topological polar surface area (TPSA) is 57.0 Å². The van der Waals surface area contributed by atoms with E-state index in [9.17, 15) is 0 Å². The molecule has 0 aliphatic carbocycles. The van der Waals surface area contributed by atoms with Gasteiger partial charge in [-0.2, -0.15) is 0 Å². The van der Waals surface area contributed by atoms with Gasteiger partial charge in [0.1, 0.15) is 11.3 Å². The molecule has 2 aromatic heterocycles.